The van der Waals surface area contributed by atoms with E-state index in [9.17, 15) is 9.59 Å². The van der Waals surface area contributed by atoms with Crippen molar-refractivity contribution in [2.45, 2.75) is 20.0 Å². The molecule has 1 aromatic carbocycles. The molecule has 3 heterocycles. The number of carbonyl (C=O) groups is 1. The van der Waals surface area contributed by atoms with Crippen molar-refractivity contribution >= 4 is 16.8 Å². The van der Waals surface area contributed by atoms with E-state index in [4.69, 9.17) is 0 Å². The molecule has 0 spiro atoms. The summed E-state index contributed by atoms with van der Waals surface area (Å²) >= 11 is 0. The lowest BCUT2D eigenvalue weighted by molar-refractivity contribution is 0.0723. The van der Waals surface area contributed by atoms with E-state index in [2.05, 4.69) is 19.9 Å². The molecule has 1 N–H and O–H groups in total. The molecule has 3 aromatic heterocycles. The standard InChI is InChI=1S/C22H19N5O2/c1-15-4-5-19-17(9-15)10-18(21(28)26-19)14-27(13-16-3-2-6-23-11-16)22(29)20-12-24-7-8-25-20/h2-12H,13-14H2,1H3,(H,26,28). The average molecular weight is 385 g/mol. The lowest BCUT2D eigenvalue weighted by Crippen LogP contribution is -2.33. The quantitative estimate of drug-likeness (QED) is 0.570. The summed E-state index contributed by atoms with van der Waals surface area (Å²) in [6.45, 7) is 2.44. The molecule has 7 heteroatoms. The highest BCUT2D eigenvalue weighted by atomic mass is 16.2. The molecule has 4 rings (SSSR count). The second kappa shape index (κ2) is 8.02. The second-order valence-corrected chi connectivity index (χ2v) is 6.83. The van der Waals surface area contributed by atoms with E-state index in [0.29, 0.717) is 12.1 Å². The number of amides is 1. The van der Waals surface area contributed by atoms with Gasteiger partial charge < -0.3 is 9.88 Å². The van der Waals surface area contributed by atoms with Crippen molar-refractivity contribution in [1.82, 2.24) is 24.8 Å². The monoisotopic (exact) mass is 385 g/mol. The Morgan fingerprint density at radius 3 is 2.66 bits per heavy atom. The highest BCUT2D eigenvalue weighted by Gasteiger charge is 2.20. The van der Waals surface area contributed by atoms with Crippen molar-refractivity contribution in [3.63, 3.8) is 0 Å². The summed E-state index contributed by atoms with van der Waals surface area (Å²) in [4.78, 5) is 42.4. The first-order valence-electron chi connectivity index (χ1n) is 9.17. The Morgan fingerprint density at radius 1 is 1.03 bits per heavy atom. The first-order valence-corrected chi connectivity index (χ1v) is 9.17. The summed E-state index contributed by atoms with van der Waals surface area (Å²) < 4.78 is 0. The van der Waals surface area contributed by atoms with Gasteiger partial charge in [0.05, 0.1) is 12.7 Å². The Labute approximate surface area is 167 Å². The van der Waals surface area contributed by atoms with Gasteiger partial charge in [0.1, 0.15) is 5.69 Å². The number of H-pyrrole nitrogens is 1. The largest absolute Gasteiger partial charge is 0.328 e. The van der Waals surface area contributed by atoms with E-state index in [-0.39, 0.29) is 23.7 Å². The van der Waals surface area contributed by atoms with Crippen molar-refractivity contribution in [3.8, 4) is 0 Å². The van der Waals surface area contributed by atoms with Crippen LogP contribution in [-0.4, -0.2) is 30.7 Å². The third-order valence-electron chi connectivity index (χ3n) is 4.60. The van der Waals surface area contributed by atoms with Crippen LogP contribution in [0.25, 0.3) is 10.9 Å². The minimum absolute atomic E-state index is 0.142. The second-order valence-electron chi connectivity index (χ2n) is 6.83. The molecule has 0 fully saturated rings. The molecule has 0 radical (unpaired) electrons. The van der Waals surface area contributed by atoms with Gasteiger partial charge in [0, 0.05) is 42.4 Å². The lowest BCUT2D eigenvalue weighted by atomic mass is 10.1. The number of benzene rings is 1. The van der Waals surface area contributed by atoms with Crippen molar-refractivity contribution < 1.29 is 4.79 Å². The number of hydrogen-bond acceptors (Lipinski definition) is 5. The van der Waals surface area contributed by atoms with Crippen LogP contribution in [0.3, 0.4) is 0 Å². The van der Waals surface area contributed by atoms with Gasteiger partial charge >= 0.3 is 0 Å². The van der Waals surface area contributed by atoms with Crippen LogP contribution in [0.5, 0.6) is 0 Å². The molecule has 29 heavy (non-hydrogen) atoms. The number of pyridine rings is 2. The Bertz CT molecular complexity index is 1210. The number of aromatic amines is 1. The fourth-order valence-electron chi connectivity index (χ4n) is 3.18. The van der Waals surface area contributed by atoms with Gasteiger partial charge in [-0.3, -0.25) is 19.6 Å². The van der Waals surface area contributed by atoms with Crippen LogP contribution in [0.15, 0.2) is 72.2 Å². The minimum atomic E-state index is -0.300. The zero-order valence-electron chi connectivity index (χ0n) is 15.9. The van der Waals surface area contributed by atoms with E-state index >= 15 is 0 Å². The fraction of sp³-hybridized carbons (Fsp3) is 0.136. The molecule has 0 bridgehead atoms. The molecule has 0 aliphatic carbocycles. The maximum atomic E-state index is 13.1. The van der Waals surface area contributed by atoms with Gasteiger partial charge in [-0.2, -0.15) is 0 Å². The van der Waals surface area contributed by atoms with Gasteiger partial charge in [-0.25, -0.2) is 4.98 Å². The van der Waals surface area contributed by atoms with Crippen molar-refractivity contribution in [2.75, 3.05) is 0 Å². The van der Waals surface area contributed by atoms with E-state index in [1.807, 2.05) is 43.3 Å². The SMILES string of the molecule is Cc1ccc2[nH]c(=O)c(CN(Cc3cccnc3)C(=O)c3cnccn3)cc2c1. The maximum absolute atomic E-state index is 13.1. The Morgan fingerprint density at radius 2 is 1.90 bits per heavy atom. The molecule has 0 unspecified atom stereocenters. The van der Waals surface area contributed by atoms with Crippen LogP contribution >= 0.6 is 0 Å². The van der Waals surface area contributed by atoms with Crippen LogP contribution in [0.4, 0.5) is 0 Å². The molecule has 0 saturated heterocycles. The third kappa shape index (κ3) is 4.19. The predicted octanol–water partition coefficient (Wildman–Crippen LogP) is 2.86. The van der Waals surface area contributed by atoms with Crippen LogP contribution in [0.2, 0.25) is 0 Å². The molecular weight excluding hydrogens is 366 g/mol. The summed E-state index contributed by atoms with van der Waals surface area (Å²) in [5.41, 5.74) is 3.23. The van der Waals surface area contributed by atoms with E-state index in [0.717, 1.165) is 22.0 Å². The molecule has 0 atom stereocenters. The third-order valence-corrected chi connectivity index (χ3v) is 4.60. The van der Waals surface area contributed by atoms with E-state index < -0.39 is 0 Å². The Hall–Kier alpha value is -3.87. The molecule has 4 aromatic rings. The average Bonchev–Trinajstić information content (AvgIpc) is 2.75. The predicted molar refractivity (Wildman–Crippen MR) is 109 cm³/mol. The molecule has 0 saturated carbocycles. The van der Waals surface area contributed by atoms with Gasteiger partial charge in [-0.05, 0) is 42.1 Å². The first kappa shape index (κ1) is 18.5. The number of nitrogens with zero attached hydrogens (tertiary/aromatic N) is 4. The summed E-state index contributed by atoms with van der Waals surface area (Å²) in [6, 6.07) is 11.4. The number of rotatable bonds is 5. The van der Waals surface area contributed by atoms with Gasteiger partial charge in [0.15, 0.2) is 0 Å². The fourth-order valence-corrected chi connectivity index (χ4v) is 3.18. The highest BCUT2D eigenvalue weighted by molar-refractivity contribution is 5.92. The topological polar surface area (TPSA) is 91.8 Å². The van der Waals surface area contributed by atoms with Gasteiger partial charge in [-0.1, -0.05) is 17.7 Å². The molecule has 144 valence electrons. The van der Waals surface area contributed by atoms with Crippen molar-refractivity contribution in [1.29, 1.82) is 0 Å². The lowest BCUT2D eigenvalue weighted by Gasteiger charge is -2.22. The molecule has 7 nitrogen and oxygen atoms in total. The van der Waals surface area contributed by atoms with Crippen LogP contribution in [0.1, 0.15) is 27.2 Å². The number of fused-ring (bicyclic) bond motifs is 1. The summed E-state index contributed by atoms with van der Waals surface area (Å²) in [5, 5.41) is 0.924. The minimum Gasteiger partial charge on any atom is -0.328 e. The normalized spacial score (nSPS) is 10.8. The molecular formula is C22H19N5O2. The zero-order chi connectivity index (χ0) is 20.2. The van der Waals surface area contributed by atoms with Gasteiger partial charge in [-0.15, -0.1) is 0 Å². The number of aromatic nitrogens is 4. The summed E-state index contributed by atoms with van der Waals surface area (Å²) in [7, 11) is 0. The van der Waals surface area contributed by atoms with Gasteiger partial charge in [0.2, 0.25) is 0 Å². The smallest absolute Gasteiger partial charge is 0.274 e. The summed E-state index contributed by atoms with van der Waals surface area (Å²) in [6.07, 6.45) is 7.78. The zero-order valence-corrected chi connectivity index (χ0v) is 15.9. The molecule has 1 amide bonds. The Kier molecular flexibility index (Phi) is 5.11. The van der Waals surface area contributed by atoms with Crippen LogP contribution in [0, 0.1) is 6.92 Å². The molecule has 0 aliphatic rings. The van der Waals surface area contributed by atoms with Crippen LogP contribution in [-0.2, 0) is 13.1 Å². The Balaban J connectivity index is 1.71. The number of hydrogen-bond donors (Lipinski definition) is 1. The summed E-state index contributed by atoms with van der Waals surface area (Å²) in [5.74, 6) is -0.300. The van der Waals surface area contributed by atoms with Crippen molar-refractivity contribution in [2.24, 2.45) is 0 Å². The highest BCUT2D eigenvalue weighted by Crippen LogP contribution is 2.16. The van der Waals surface area contributed by atoms with E-state index in [1.165, 1.54) is 18.6 Å². The number of carbonyl (C=O) groups excluding carboxylic acids is 1. The number of nitrogens with one attached hydrogen (secondary N) is 1. The van der Waals surface area contributed by atoms with E-state index in [1.54, 1.807) is 17.3 Å². The van der Waals surface area contributed by atoms with Crippen molar-refractivity contribution in [3.05, 3.63) is 100 Å². The molecule has 0 aliphatic heterocycles. The maximum Gasteiger partial charge on any atom is 0.274 e. The van der Waals surface area contributed by atoms with Crippen LogP contribution < -0.4 is 5.56 Å². The number of aryl methyl sites for hydroxylation is 1. The van der Waals surface area contributed by atoms with Gasteiger partial charge in [0.25, 0.3) is 11.5 Å². The first-order chi connectivity index (χ1) is 14.1.